The second-order valence-corrected chi connectivity index (χ2v) is 3.01. The van der Waals surface area contributed by atoms with Crippen LogP contribution >= 0.6 is 0 Å². The molecule has 0 radical (unpaired) electrons. The maximum atomic E-state index is 10.5. The minimum absolute atomic E-state index is 1.55. The van der Waals surface area contributed by atoms with Crippen molar-refractivity contribution in [2.75, 3.05) is 0 Å². The van der Waals surface area contributed by atoms with Gasteiger partial charge in [0.05, 0.1) is 0 Å². The number of aliphatic hydroxyl groups is 3. The minimum atomic E-state index is -1.83. The van der Waals surface area contributed by atoms with Crippen molar-refractivity contribution >= 4 is 5.97 Å². The molecule has 90 valence electrons. The van der Waals surface area contributed by atoms with E-state index in [1.54, 1.807) is 0 Å². The van der Waals surface area contributed by atoms with Crippen molar-refractivity contribution in [3.05, 3.63) is 10.4 Å². The van der Waals surface area contributed by atoms with Crippen LogP contribution in [0.2, 0.25) is 0 Å². The van der Waals surface area contributed by atoms with Gasteiger partial charge in [0.2, 0.25) is 0 Å². The molecule has 10 heteroatoms. The predicted molar refractivity (Wildman–Crippen MR) is 44.5 cm³/mol. The highest BCUT2D eigenvalue weighted by molar-refractivity contribution is 5.73. The van der Waals surface area contributed by atoms with Crippen LogP contribution in [0.4, 0.5) is 0 Å². The van der Waals surface area contributed by atoms with Gasteiger partial charge in [-0.2, -0.15) is 0 Å². The van der Waals surface area contributed by atoms with Gasteiger partial charge in [0.1, 0.15) is 17.5 Å². The van der Waals surface area contributed by atoms with Crippen LogP contribution < -0.4 is 0 Å². The van der Waals surface area contributed by atoms with E-state index >= 15 is 0 Å². The summed E-state index contributed by atoms with van der Waals surface area (Å²) in [6.07, 6.45) is -8.72. The van der Waals surface area contributed by atoms with Gasteiger partial charge in [0.25, 0.3) is 0 Å². The molecule has 1 aliphatic rings. The first kappa shape index (κ1) is 12.5. The Hall–Kier alpha value is -1.58. The van der Waals surface area contributed by atoms with Crippen molar-refractivity contribution in [2.45, 2.75) is 30.7 Å². The Morgan fingerprint density at radius 3 is 2.50 bits per heavy atom. The van der Waals surface area contributed by atoms with Gasteiger partial charge >= 0.3 is 5.97 Å². The number of carbonyl (C=O) groups is 1. The number of hydrogen-bond donors (Lipinski definition) is 4. The third kappa shape index (κ3) is 2.32. The van der Waals surface area contributed by atoms with E-state index in [-0.39, 0.29) is 0 Å². The number of ether oxygens (including phenoxy) is 1. The Kier molecular flexibility index (Phi) is 3.88. The molecule has 0 aliphatic carbocycles. The quantitative estimate of drug-likeness (QED) is 0.192. The molecule has 1 fully saturated rings. The van der Waals surface area contributed by atoms with E-state index in [4.69, 9.17) is 10.6 Å². The van der Waals surface area contributed by atoms with Crippen LogP contribution in [0.25, 0.3) is 10.4 Å². The zero-order chi connectivity index (χ0) is 12.3. The Labute approximate surface area is 88.2 Å². The van der Waals surface area contributed by atoms with Crippen molar-refractivity contribution in [3.8, 4) is 0 Å². The first-order chi connectivity index (χ1) is 7.49. The number of carboxylic acid groups (broad SMARTS) is 1. The number of rotatable bonds is 3. The average molecular weight is 235 g/mol. The van der Waals surface area contributed by atoms with Crippen molar-refractivity contribution in [1.29, 1.82) is 0 Å². The second-order valence-electron chi connectivity index (χ2n) is 3.01. The highest BCUT2D eigenvalue weighted by Crippen LogP contribution is 2.22. The van der Waals surface area contributed by atoms with Crippen LogP contribution in [0, 0.1) is 0 Å². The van der Waals surface area contributed by atoms with Crippen LogP contribution in [0.15, 0.2) is 5.28 Å². The molecule has 1 unspecified atom stereocenters. The Morgan fingerprint density at radius 1 is 1.38 bits per heavy atom. The highest BCUT2D eigenvalue weighted by Gasteiger charge is 2.48. The molecule has 1 heterocycles. The number of aliphatic hydroxyl groups excluding tert-OH is 3. The molecule has 1 rings (SSSR count). The fourth-order valence-electron chi connectivity index (χ4n) is 1.24. The molecule has 0 aromatic heterocycles. The summed E-state index contributed by atoms with van der Waals surface area (Å²) < 4.78 is 4.48. The maximum Gasteiger partial charge on any atom is 0.335 e. The summed E-state index contributed by atoms with van der Waals surface area (Å²) in [5, 5.41) is 39.1. The monoisotopic (exact) mass is 235 g/mol. The van der Waals surface area contributed by atoms with Gasteiger partial charge in [-0.25, -0.2) is 4.79 Å². The van der Waals surface area contributed by atoms with Gasteiger partial charge in [-0.15, -0.1) is 0 Å². The molecule has 0 bridgehead atoms. The lowest BCUT2D eigenvalue weighted by molar-refractivity contribution is -0.290. The first-order valence-electron chi connectivity index (χ1n) is 4.11. The predicted octanol–water partition coefficient (Wildman–Crippen LogP) is -1.88. The van der Waals surface area contributed by atoms with Crippen LogP contribution in [-0.2, 0) is 14.4 Å². The molecule has 0 aromatic rings. The summed E-state index contributed by atoms with van der Waals surface area (Å²) in [5.41, 5.74) is 7.95. The number of nitrogens with zero attached hydrogens (tertiary/aromatic N) is 3. The smallest absolute Gasteiger partial charge is 0.335 e. The number of aliphatic carboxylic acids is 1. The van der Waals surface area contributed by atoms with Gasteiger partial charge in [-0.1, -0.05) is 0 Å². The first-order valence-corrected chi connectivity index (χ1v) is 4.11. The van der Waals surface area contributed by atoms with E-state index in [2.05, 4.69) is 19.8 Å². The molecule has 0 amide bonds. The Balaban J connectivity index is 2.79. The molecule has 0 saturated carbocycles. The van der Waals surface area contributed by atoms with E-state index < -0.39 is 36.7 Å². The fourth-order valence-corrected chi connectivity index (χ4v) is 1.24. The van der Waals surface area contributed by atoms with Crippen LogP contribution in [-0.4, -0.2) is 57.1 Å². The third-order valence-electron chi connectivity index (χ3n) is 2.01. The standard InChI is InChI=1S/C6H9N3O7/c7-8-9-16-4-2(11)1(10)3(5(12)13)15-6(4)14/h1-4,6,10-11,14H,(H,12,13)/t1-,2-,3-,4+,6?/m0/s1. The van der Waals surface area contributed by atoms with E-state index in [0.29, 0.717) is 0 Å². The van der Waals surface area contributed by atoms with Crippen molar-refractivity contribution in [3.63, 3.8) is 0 Å². The summed E-state index contributed by atoms with van der Waals surface area (Å²) in [6, 6.07) is 0. The number of carboxylic acids is 1. The largest absolute Gasteiger partial charge is 0.479 e. The second kappa shape index (κ2) is 4.96. The van der Waals surface area contributed by atoms with E-state index in [1.807, 2.05) is 0 Å². The van der Waals surface area contributed by atoms with Gasteiger partial charge in [0, 0.05) is 4.91 Å². The molecular weight excluding hydrogens is 226 g/mol. The lowest BCUT2D eigenvalue weighted by Gasteiger charge is -2.37. The molecule has 1 saturated heterocycles. The normalized spacial score (nSPS) is 38.6. The number of hydrogen-bond acceptors (Lipinski definition) is 7. The van der Waals surface area contributed by atoms with Crippen LogP contribution in [0.1, 0.15) is 0 Å². The van der Waals surface area contributed by atoms with Crippen molar-refractivity contribution in [1.82, 2.24) is 0 Å². The topological polar surface area (TPSA) is 165 Å². The average Bonchev–Trinajstić information content (AvgIpc) is 2.23. The molecule has 0 aromatic carbocycles. The van der Waals surface area contributed by atoms with E-state index in [0.717, 1.165) is 0 Å². The highest BCUT2D eigenvalue weighted by atomic mass is 16.7. The Bertz CT molecular complexity index is 317. The maximum absolute atomic E-state index is 10.5. The van der Waals surface area contributed by atoms with Crippen molar-refractivity contribution in [2.24, 2.45) is 5.28 Å². The third-order valence-corrected chi connectivity index (χ3v) is 2.01. The van der Waals surface area contributed by atoms with Crippen molar-refractivity contribution < 1.29 is 34.8 Å². The summed E-state index contributed by atoms with van der Waals surface area (Å²) in [5.74, 6) is -1.55. The summed E-state index contributed by atoms with van der Waals surface area (Å²) in [6.45, 7) is 0. The van der Waals surface area contributed by atoms with E-state index in [1.165, 1.54) is 0 Å². The van der Waals surface area contributed by atoms with Gasteiger partial charge < -0.3 is 30.0 Å². The molecule has 1 aliphatic heterocycles. The lowest BCUT2D eigenvalue weighted by atomic mass is 9.99. The molecule has 0 spiro atoms. The van der Waals surface area contributed by atoms with E-state index in [9.17, 15) is 20.1 Å². The fraction of sp³-hybridized carbons (Fsp3) is 0.833. The molecule has 10 nitrogen and oxygen atoms in total. The van der Waals surface area contributed by atoms with Gasteiger partial charge in [0.15, 0.2) is 18.5 Å². The molecule has 5 atom stereocenters. The SMILES string of the molecule is [N-]=[N+]=NO[C@H]1C(O)O[C@H](C(=O)O)[C@@H](O)[C@@H]1O. The zero-order valence-electron chi connectivity index (χ0n) is 7.74. The summed E-state index contributed by atoms with van der Waals surface area (Å²) in [7, 11) is 0. The van der Waals surface area contributed by atoms with Gasteiger partial charge in [-0.3, -0.25) is 0 Å². The molecular formula is C6H9N3O7. The molecule has 16 heavy (non-hydrogen) atoms. The van der Waals surface area contributed by atoms with Crippen LogP contribution in [0.3, 0.4) is 0 Å². The summed E-state index contributed by atoms with van der Waals surface area (Å²) >= 11 is 0. The van der Waals surface area contributed by atoms with Gasteiger partial charge in [-0.05, 0) is 5.53 Å². The molecule has 4 N–H and O–H groups in total. The minimum Gasteiger partial charge on any atom is -0.479 e. The summed E-state index contributed by atoms with van der Waals surface area (Å²) in [4.78, 5) is 17.0. The zero-order valence-corrected chi connectivity index (χ0v) is 7.74. The lowest BCUT2D eigenvalue weighted by Crippen LogP contribution is -2.60. The van der Waals surface area contributed by atoms with Crippen LogP contribution in [0.5, 0.6) is 0 Å². The number of azide groups is 1. The Morgan fingerprint density at radius 2 is 2.00 bits per heavy atom.